The highest BCUT2D eigenvalue weighted by atomic mass is 32.1. The topological polar surface area (TPSA) is 25.8 Å². The van der Waals surface area contributed by atoms with E-state index in [4.69, 9.17) is 9.97 Å². The van der Waals surface area contributed by atoms with E-state index in [9.17, 15) is 0 Å². The first kappa shape index (κ1) is 29.5. The summed E-state index contributed by atoms with van der Waals surface area (Å²) in [4.78, 5) is 10.6. The number of thiophene rings is 2. The van der Waals surface area contributed by atoms with E-state index < -0.39 is 0 Å². The average molecular weight is 697 g/mol. The van der Waals surface area contributed by atoms with Crippen LogP contribution in [0.3, 0.4) is 0 Å². The molecule has 0 radical (unpaired) electrons. The maximum Gasteiger partial charge on any atom is 0.0972 e. The summed E-state index contributed by atoms with van der Waals surface area (Å²) in [6.07, 6.45) is 0. The second-order valence-corrected chi connectivity index (χ2v) is 15.5. The Bertz CT molecular complexity index is 3060. The van der Waals surface area contributed by atoms with Crippen molar-refractivity contribution in [1.29, 1.82) is 0 Å². The minimum Gasteiger partial charge on any atom is -0.245 e. The molecular formula is C48H28N2S2. The molecule has 0 fully saturated rings. The van der Waals surface area contributed by atoms with E-state index in [0.717, 1.165) is 44.3 Å². The first-order chi connectivity index (χ1) is 25.7. The van der Waals surface area contributed by atoms with Gasteiger partial charge in [-0.15, -0.1) is 22.7 Å². The predicted molar refractivity (Wildman–Crippen MR) is 225 cm³/mol. The van der Waals surface area contributed by atoms with Crippen LogP contribution in [0.5, 0.6) is 0 Å². The van der Waals surface area contributed by atoms with Crippen molar-refractivity contribution in [3.05, 3.63) is 170 Å². The van der Waals surface area contributed by atoms with E-state index in [2.05, 4.69) is 164 Å². The third-order valence-electron chi connectivity index (χ3n) is 10.2. The first-order valence-corrected chi connectivity index (χ1v) is 19.1. The van der Waals surface area contributed by atoms with Gasteiger partial charge in [0.25, 0.3) is 0 Å². The Morgan fingerprint density at radius 3 is 1.33 bits per heavy atom. The summed E-state index contributed by atoms with van der Waals surface area (Å²) in [5.74, 6) is 0. The molecule has 4 heteroatoms. The van der Waals surface area contributed by atoms with Gasteiger partial charge >= 0.3 is 0 Å². The molecular weight excluding hydrogens is 669 g/mol. The number of rotatable bonds is 4. The fourth-order valence-corrected chi connectivity index (χ4v) is 10.1. The molecule has 0 aliphatic heterocycles. The van der Waals surface area contributed by atoms with Gasteiger partial charge in [0.2, 0.25) is 0 Å². The second kappa shape index (κ2) is 11.7. The number of hydrogen-bond acceptors (Lipinski definition) is 4. The predicted octanol–water partition coefficient (Wildman–Crippen LogP) is 14.2. The van der Waals surface area contributed by atoms with Gasteiger partial charge in [0.05, 0.1) is 22.4 Å². The van der Waals surface area contributed by atoms with Gasteiger partial charge in [0.1, 0.15) is 0 Å². The minimum atomic E-state index is 0.914. The Labute approximate surface area is 307 Å². The molecule has 0 bridgehead atoms. The Morgan fingerprint density at radius 1 is 0.327 bits per heavy atom. The van der Waals surface area contributed by atoms with Gasteiger partial charge in [-0.3, -0.25) is 0 Å². The maximum atomic E-state index is 5.42. The molecule has 0 N–H and O–H groups in total. The molecule has 11 rings (SSSR count). The van der Waals surface area contributed by atoms with Crippen LogP contribution in [0.2, 0.25) is 0 Å². The van der Waals surface area contributed by atoms with E-state index in [1.54, 1.807) is 0 Å². The van der Waals surface area contributed by atoms with E-state index in [-0.39, 0.29) is 0 Å². The van der Waals surface area contributed by atoms with Crippen molar-refractivity contribution < 1.29 is 0 Å². The maximum absolute atomic E-state index is 5.42. The SMILES string of the molecule is c1ccc(-c2ccc3ccc4ccc(-c5cc(-c6cccc7sc8ccccc8c67)cc(-c6cccc7sc8ccccc8c67)c5)nc4c3n2)cc1. The lowest BCUT2D eigenvalue weighted by Gasteiger charge is -2.14. The van der Waals surface area contributed by atoms with Gasteiger partial charge < -0.3 is 0 Å². The summed E-state index contributed by atoms with van der Waals surface area (Å²) in [7, 11) is 0. The lowest BCUT2D eigenvalue weighted by molar-refractivity contribution is 1.36. The van der Waals surface area contributed by atoms with Gasteiger partial charge in [-0.25, -0.2) is 9.97 Å². The highest BCUT2D eigenvalue weighted by molar-refractivity contribution is 7.26. The number of pyridine rings is 2. The molecule has 7 aromatic carbocycles. The fourth-order valence-electron chi connectivity index (χ4n) is 7.82. The zero-order chi connectivity index (χ0) is 34.2. The number of benzene rings is 7. The normalized spacial score (nSPS) is 11.8. The van der Waals surface area contributed by atoms with Gasteiger partial charge in [0.15, 0.2) is 0 Å². The molecule has 11 aromatic rings. The summed E-state index contributed by atoms with van der Waals surface area (Å²) in [5.41, 5.74) is 10.7. The summed E-state index contributed by atoms with van der Waals surface area (Å²) in [6.45, 7) is 0. The first-order valence-electron chi connectivity index (χ1n) is 17.5. The molecule has 52 heavy (non-hydrogen) atoms. The molecule has 2 nitrogen and oxygen atoms in total. The molecule has 0 atom stereocenters. The zero-order valence-electron chi connectivity index (χ0n) is 27.9. The van der Waals surface area contributed by atoms with Crippen LogP contribution in [-0.2, 0) is 0 Å². The molecule has 0 saturated carbocycles. The summed E-state index contributed by atoms with van der Waals surface area (Å²) < 4.78 is 5.21. The minimum absolute atomic E-state index is 0.914. The van der Waals surface area contributed by atoms with Crippen molar-refractivity contribution in [3.8, 4) is 44.8 Å². The summed E-state index contributed by atoms with van der Waals surface area (Å²) in [6, 6.07) is 61.4. The van der Waals surface area contributed by atoms with Gasteiger partial charge in [-0.2, -0.15) is 0 Å². The largest absolute Gasteiger partial charge is 0.245 e. The monoisotopic (exact) mass is 696 g/mol. The Morgan fingerprint density at radius 2 is 0.769 bits per heavy atom. The zero-order valence-corrected chi connectivity index (χ0v) is 29.5. The number of hydrogen-bond donors (Lipinski definition) is 0. The van der Waals surface area contributed by atoms with Crippen LogP contribution in [0.15, 0.2) is 170 Å². The van der Waals surface area contributed by atoms with Crippen LogP contribution in [0.25, 0.3) is 107 Å². The fraction of sp³-hybridized carbons (Fsp3) is 0. The summed E-state index contributed by atoms with van der Waals surface area (Å²) >= 11 is 3.72. The molecule has 0 spiro atoms. The van der Waals surface area contributed by atoms with Crippen molar-refractivity contribution in [2.75, 3.05) is 0 Å². The van der Waals surface area contributed by atoms with E-state index in [1.807, 2.05) is 28.7 Å². The van der Waals surface area contributed by atoms with Crippen LogP contribution >= 0.6 is 22.7 Å². The van der Waals surface area contributed by atoms with Crippen LogP contribution in [0.4, 0.5) is 0 Å². The smallest absolute Gasteiger partial charge is 0.0972 e. The lowest BCUT2D eigenvalue weighted by Crippen LogP contribution is -1.92. The lowest BCUT2D eigenvalue weighted by atomic mass is 9.91. The Kier molecular flexibility index (Phi) is 6.63. The second-order valence-electron chi connectivity index (χ2n) is 13.3. The quantitative estimate of drug-likeness (QED) is 0.171. The van der Waals surface area contributed by atoms with Crippen molar-refractivity contribution in [3.63, 3.8) is 0 Å². The number of fused-ring (bicyclic) bond motifs is 9. The van der Waals surface area contributed by atoms with Crippen LogP contribution in [0, 0.1) is 0 Å². The molecule has 4 heterocycles. The van der Waals surface area contributed by atoms with Gasteiger partial charge in [-0.05, 0) is 76.9 Å². The van der Waals surface area contributed by atoms with E-state index >= 15 is 0 Å². The standard InChI is InChI=1S/C48H28N2S2/c1-2-10-29(11-3-1)39-24-22-30-20-21-31-23-25-40(50-48(31)47(30)49-39)34-27-32(35-14-8-18-43-45(35)37-12-4-6-16-41(37)51-43)26-33(28-34)36-15-9-19-44-46(36)38-13-5-7-17-42(38)52-44/h1-28H. The van der Waals surface area contributed by atoms with E-state index in [1.165, 1.54) is 62.6 Å². The molecule has 242 valence electrons. The molecule has 0 aliphatic carbocycles. The van der Waals surface area contributed by atoms with Crippen LogP contribution < -0.4 is 0 Å². The van der Waals surface area contributed by atoms with Crippen molar-refractivity contribution in [2.45, 2.75) is 0 Å². The van der Waals surface area contributed by atoms with Crippen molar-refractivity contribution >= 4 is 84.8 Å². The van der Waals surface area contributed by atoms with Crippen LogP contribution in [-0.4, -0.2) is 9.97 Å². The molecule has 4 aromatic heterocycles. The molecule has 0 amide bonds. The van der Waals surface area contributed by atoms with Gasteiger partial charge in [-0.1, -0.05) is 115 Å². The van der Waals surface area contributed by atoms with Crippen molar-refractivity contribution in [2.24, 2.45) is 0 Å². The van der Waals surface area contributed by atoms with Crippen molar-refractivity contribution in [1.82, 2.24) is 9.97 Å². The Balaban J connectivity index is 1.19. The summed E-state index contributed by atoms with van der Waals surface area (Å²) in [5, 5.41) is 7.37. The molecule has 0 aliphatic rings. The third-order valence-corrected chi connectivity index (χ3v) is 12.5. The number of nitrogens with zero attached hydrogens (tertiary/aromatic N) is 2. The average Bonchev–Trinajstić information content (AvgIpc) is 3.79. The van der Waals surface area contributed by atoms with E-state index in [0.29, 0.717) is 0 Å². The molecule has 0 unspecified atom stereocenters. The number of aromatic nitrogens is 2. The molecule has 0 saturated heterocycles. The highest BCUT2D eigenvalue weighted by Crippen LogP contribution is 2.45. The van der Waals surface area contributed by atoms with Gasteiger partial charge in [0, 0.05) is 62.2 Å². The Hall–Kier alpha value is -6.20. The highest BCUT2D eigenvalue weighted by Gasteiger charge is 2.17. The third kappa shape index (κ3) is 4.69. The van der Waals surface area contributed by atoms with Crippen LogP contribution in [0.1, 0.15) is 0 Å².